The third kappa shape index (κ3) is 1.96. The highest BCUT2D eigenvalue weighted by atomic mass is 16.4. The lowest BCUT2D eigenvalue weighted by Crippen LogP contribution is -1.99. The Morgan fingerprint density at radius 3 is 2.86 bits per heavy atom. The van der Waals surface area contributed by atoms with Crippen LogP contribution in [-0.2, 0) is 0 Å². The molecule has 0 saturated heterocycles. The van der Waals surface area contributed by atoms with Crippen LogP contribution in [0.15, 0.2) is 49.1 Å². The number of benzene rings is 1. The van der Waals surface area contributed by atoms with E-state index in [2.05, 4.69) is 20.1 Å². The Bertz CT molecular complexity index is 1020. The van der Waals surface area contributed by atoms with Gasteiger partial charge in [-0.2, -0.15) is 4.98 Å². The van der Waals surface area contributed by atoms with Gasteiger partial charge in [0.15, 0.2) is 0 Å². The summed E-state index contributed by atoms with van der Waals surface area (Å²) in [4.78, 5) is 23.0. The number of aromatic nitrogens is 5. The molecule has 0 unspecified atom stereocenters. The molecular weight excluding hydrogens is 282 g/mol. The van der Waals surface area contributed by atoms with Crippen molar-refractivity contribution in [2.75, 3.05) is 0 Å². The molecule has 7 heteroatoms. The number of carboxylic acid groups (broad SMARTS) is 1. The predicted molar refractivity (Wildman–Crippen MR) is 78.5 cm³/mol. The van der Waals surface area contributed by atoms with Crippen LogP contribution in [0.4, 0.5) is 0 Å². The second-order valence-corrected chi connectivity index (χ2v) is 4.77. The highest BCUT2D eigenvalue weighted by molar-refractivity contribution is 5.86. The maximum absolute atomic E-state index is 10.9. The van der Waals surface area contributed by atoms with E-state index >= 15 is 0 Å². The molecule has 3 aromatic heterocycles. The second kappa shape index (κ2) is 4.59. The Hall–Kier alpha value is -3.35. The van der Waals surface area contributed by atoms with Crippen LogP contribution in [0.2, 0.25) is 0 Å². The van der Waals surface area contributed by atoms with Gasteiger partial charge < -0.3 is 5.11 Å². The molecule has 0 aliphatic rings. The maximum atomic E-state index is 10.9. The molecule has 0 atom stereocenters. The minimum Gasteiger partial charge on any atom is -0.475 e. The highest BCUT2D eigenvalue weighted by Gasteiger charge is 2.12. The zero-order chi connectivity index (χ0) is 15.1. The minimum absolute atomic E-state index is 0.253. The Morgan fingerprint density at radius 2 is 2.00 bits per heavy atom. The number of pyridine rings is 1. The summed E-state index contributed by atoms with van der Waals surface area (Å²) in [6.07, 6.45) is 6.90. The first-order chi connectivity index (χ1) is 10.7. The van der Waals surface area contributed by atoms with Gasteiger partial charge in [-0.1, -0.05) is 12.1 Å². The molecule has 4 aromatic rings. The fourth-order valence-electron chi connectivity index (χ4n) is 2.29. The number of carboxylic acids is 1. The molecule has 106 valence electrons. The first-order valence-corrected chi connectivity index (χ1v) is 6.50. The largest absolute Gasteiger partial charge is 0.475 e. The lowest BCUT2D eigenvalue weighted by Gasteiger charge is -2.03. The molecule has 7 nitrogen and oxygen atoms in total. The van der Waals surface area contributed by atoms with Gasteiger partial charge in [0.05, 0.1) is 0 Å². The zero-order valence-electron chi connectivity index (χ0n) is 11.2. The first kappa shape index (κ1) is 12.4. The molecule has 1 aromatic carbocycles. The molecule has 0 aliphatic carbocycles. The number of hydrogen-bond donors (Lipinski definition) is 1. The van der Waals surface area contributed by atoms with Gasteiger partial charge in [0.25, 0.3) is 11.6 Å². The Labute approximate surface area is 123 Å². The van der Waals surface area contributed by atoms with Gasteiger partial charge in [0, 0.05) is 35.7 Å². The van der Waals surface area contributed by atoms with Crippen molar-refractivity contribution in [3.63, 3.8) is 0 Å². The number of carbonyl (C=O) groups is 1. The van der Waals surface area contributed by atoms with E-state index in [4.69, 9.17) is 5.11 Å². The van der Waals surface area contributed by atoms with E-state index in [-0.39, 0.29) is 11.6 Å². The molecule has 0 amide bonds. The van der Waals surface area contributed by atoms with Crippen LogP contribution in [0.5, 0.6) is 0 Å². The van der Waals surface area contributed by atoms with Gasteiger partial charge in [-0.05, 0) is 23.1 Å². The van der Waals surface area contributed by atoms with Crippen LogP contribution < -0.4 is 0 Å². The van der Waals surface area contributed by atoms with Crippen LogP contribution >= 0.6 is 0 Å². The monoisotopic (exact) mass is 291 g/mol. The minimum atomic E-state index is -1.18. The standard InChI is InChI=1S/C15H9N5O2/c21-14(22)13-18-15-17-7-12(8-20(15)19-13)10-2-1-9-3-4-16-6-11(9)5-10/h1-8H,(H,21,22). The summed E-state index contributed by atoms with van der Waals surface area (Å²) in [5.74, 6) is -1.19. The fraction of sp³-hybridized carbons (Fsp3) is 0. The molecule has 4 rings (SSSR count). The van der Waals surface area contributed by atoms with Crippen molar-refractivity contribution in [3.8, 4) is 11.1 Å². The van der Waals surface area contributed by atoms with Crippen LogP contribution in [0, 0.1) is 0 Å². The van der Waals surface area contributed by atoms with Gasteiger partial charge in [0.2, 0.25) is 0 Å². The molecule has 22 heavy (non-hydrogen) atoms. The van der Waals surface area contributed by atoms with Crippen molar-refractivity contribution in [1.82, 2.24) is 24.6 Å². The van der Waals surface area contributed by atoms with Crippen molar-refractivity contribution in [2.24, 2.45) is 0 Å². The van der Waals surface area contributed by atoms with Crippen LogP contribution in [0.1, 0.15) is 10.6 Å². The third-order valence-corrected chi connectivity index (χ3v) is 3.36. The predicted octanol–water partition coefficient (Wildman–Crippen LogP) is 2.04. The van der Waals surface area contributed by atoms with E-state index in [1.54, 1.807) is 24.8 Å². The van der Waals surface area contributed by atoms with E-state index in [1.807, 2.05) is 24.3 Å². The number of hydrogen-bond acceptors (Lipinski definition) is 5. The SMILES string of the molecule is O=C(O)c1nc2ncc(-c3ccc4ccncc4c3)cn2n1. The van der Waals surface area contributed by atoms with Crippen LogP contribution in [0.3, 0.4) is 0 Å². The summed E-state index contributed by atoms with van der Waals surface area (Å²) in [6.45, 7) is 0. The smallest absolute Gasteiger partial charge is 0.375 e. The van der Waals surface area contributed by atoms with Gasteiger partial charge >= 0.3 is 5.97 Å². The summed E-state index contributed by atoms with van der Waals surface area (Å²) < 4.78 is 1.37. The summed E-state index contributed by atoms with van der Waals surface area (Å²) in [5.41, 5.74) is 1.77. The average molecular weight is 291 g/mol. The number of nitrogens with zero attached hydrogens (tertiary/aromatic N) is 5. The Balaban J connectivity index is 1.86. The summed E-state index contributed by atoms with van der Waals surface area (Å²) >= 11 is 0. The topological polar surface area (TPSA) is 93.3 Å². The summed E-state index contributed by atoms with van der Waals surface area (Å²) in [6, 6.07) is 7.91. The molecule has 0 fully saturated rings. The van der Waals surface area contributed by atoms with Gasteiger partial charge in [-0.3, -0.25) is 4.98 Å². The lowest BCUT2D eigenvalue weighted by atomic mass is 10.1. The van der Waals surface area contributed by atoms with Crippen molar-refractivity contribution in [2.45, 2.75) is 0 Å². The van der Waals surface area contributed by atoms with Crippen molar-refractivity contribution < 1.29 is 9.90 Å². The summed E-state index contributed by atoms with van der Waals surface area (Å²) in [7, 11) is 0. The molecule has 0 saturated carbocycles. The summed E-state index contributed by atoms with van der Waals surface area (Å²) in [5, 5.41) is 14.9. The van der Waals surface area contributed by atoms with E-state index < -0.39 is 5.97 Å². The number of rotatable bonds is 2. The Kier molecular flexibility index (Phi) is 2.59. The highest BCUT2D eigenvalue weighted by Crippen LogP contribution is 2.23. The van der Waals surface area contributed by atoms with E-state index in [1.165, 1.54) is 4.52 Å². The van der Waals surface area contributed by atoms with Gasteiger partial charge in [0.1, 0.15) is 0 Å². The molecule has 1 N–H and O–H groups in total. The van der Waals surface area contributed by atoms with E-state index in [0.29, 0.717) is 0 Å². The number of aromatic carboxylic acids is 1. The quantitative estimate of drug-likeness (QED) is 0.607. The Morgan fingerprint density at radius 1 is 1.09 bits per heavy atom. The van der Waals surface area contributed by atoms with Gasteiger partial charge in [-0.15, -0.1) is 5.10 Å². The molecule has 3 heterocycles. The molecular formula is C15H9N5O2. The van der Waals surface area contributed by atoms with Crippen molar-refractivity contribution in [1.29, 1.82) is 0 Å². The van der Waals surface area contributed by atoms with Crippen molar-refractivity contribution in [3.05, 3.63) is 54.9 Å². The number of fused-ring (bicyclic) bond motifs is 2. The average Bonchev–Trinajstić information content (AvgIpc) is 2.98. The van der Waals surface area contributed by atoms with Gasteiger partial charge in [-0.25, -0.2) is 14.3 Å². The third-order valence-electron chi connectivity index (χ3n) is 3.36. The van der Waals surface area contributed by atoms with Crippen LogP contribution in [0.25, 0.3) is 27.7 Å². The first-order valence-electron chi connectivity index (χ1n) is 6.50. The van der Waals surface area contributed by atoms with E-state index in [0.717, 1.165) is 21.9 Å². The lowest BCUT2D eigenvalue weighted by molar-refractivity contribution is 0.0684. The second-order valence-electron chi connectivity index (χ2n) is 4.77. The fourth-order valence-corrected chi connectivity index (χ4v) is 2.29. The molecule has 0 aliphatic heterocycles. The van der Waals surface area contributed by atoms with Crippen molar-refractivity contribution >= 4 is 22.5 Å². The molecule has 0 radical (unpaired) electrons. The zero-order valence-corrected chi connectivity index (χ0v) is 11.2. The normalized spacial score (nSPS) is 11.1. The van der Waals surface area contributed by atoms with Crippen LogP contribution in [-0.4, -0.2) is 35.6 Å². The van der Waals surface area contributed by atoms with E-state index in [9.17, 15) is 4.79 Å². The maximum Gasteiger partial charge on any atom is 0.375 e. The molecule has 0 spiro atoms. The molecule has 0 bridgehead atoms.